The van der Waals surface area contributed by atoms with E-state index in [0.29, 0.717) is 41.6 Å². The van der Waals surface area contributed by atoms with Crippen LogP contribution in [-0.2, 0) is 11.8 Å². The number of aromatic nitrogens is 5. The fourth-order valence-electron chi connectivity index (χ4n) is 5.87. The first-order chi connectivity index (χ1) is 20.4. The molecule has 2 saturated heterocycles. The second-order valence-corrected chi connectivity index (χ2v) is 11.0. The van der Waals surface area contributed by atoms with Crippen molar-refractivity contribution in [3.63, 3.8) is 0 Å². The van der Waals surface area contributed by atoms with E-state index in [0.717, 1.165) is 29.8 Å². The Bertz CT molecular complexity index is 1880. The Balaban J connectivity index is 1.14. The van der Waals surface area contributed by atoms with Crippen LogP contribution in [-0.4, -0.2) is 61.0 Å². The highest BCUT2D eigenvalue weighted by Crippen LogP contribution is 2.37. The molecule has 2 bridgehead atoms. The van der Waals surface area contributed by atoms with Crippen molar-refractivity contribution < 1.29 is 13.9 Å². The number of hydrogen-bond donors (Lipinski definition) is 1. The Hall–Kier alpha value is -4.77. The van der Waals surface area contributed by atoms with Gasteiger partial charge in [-0.15, -0.1) is 0 Å². The quantitative estimate of drug-likeness (QED) is 0.263. The third-order valence-electron chi connectivity index (χ3n) is 7.86. The molecule has 2 aromatic carbocycles. The highest BCUT2D eigenvalue weighted by molar-refractivity contribution is 6.32. The monoisotopic (exact) mass is 584 g/mol. The maximum Gasteiger partial charge on any atom is 0.246 e. The van der Waals surface area contributed by atoms with Gasteiger partial charge in [0.15, 0.2) is 5.82 Å². The van der Waals surface area contributed by atoms with Crippen LogP contribution in [0.15, 0.2) is 67.8 Å². The largest absolute Gasteiger partial charge is 0.456 e. The minimum Gasteiger partial charge on any atom is -0.456 e. The van der Waals surface area contributed by atoms with E-state index >= 15 is 4.39 Å². The number of likely N-dealkylation sites (tertiary alicyclic amines) is 1. The van der Waals surface area contributed by atoms with Gasteiger partial charge in [-0.2, -0.15) is 0 Å². The summed E-state index contributed by atoms with van der Waals surface area (Å²) in [6.07, 6.45) is 5.46. The Kier molecular flexibility index (Phi) is 6.38. The van der Waals surface area contributed by atoms with Gasteiger partial charge in [0.2, 0.25) is 5.91 Å². The summed E-state index contributed by atoms with van der Waals surface area (Å²) in [6.45, 7) is 5.81. The second-order valence-electron chi connectivity index (χ2n) is 10.6. The summed E-state index contributed by atoms with van der Waals surface area (Å²) < 4.78 is 23.1. The van der Waals surface area contributed by atoms with Gasteiger partial charge in [0, 0.05) is 44.9 Å². The molecule has 2 aliphatic heterocycles. The molecule has 12 heteroatoms. The molecule has 5 heterocycles. The highest BCUT2D eigenvalue weighted by Gasteiger charge is 2.40. The van der Waals surface area contributed by atoms with Crippen molar-refractivity contribution in [1.82, 2.24) is 29.4 Å². The molecule has 2 fully saturated rings. The smallest absolute Gasteiger partial charge is 0.246 e. The summed E-state index contributed by atoms with van der Waals surface area (Å²) in [7, 11) is 1.91. The van der Waals surface area contributed by atoms with Crippen LogP contribution in [0.2, 0.25) is 5.02 Å². The maximum atomic E-state index is 15.3. The van der Waals surface area contributed by atoms with Gasteiger partial charge in [-0.1, -0.05) is 18.2 Å². The van der Waals surface area contributed by atoms with Crippen molar-refractivity contribution in [2.75, 3.05) is 29.9 Å². The molecule has 0 spiro atoms. The first-order valence-corrected chi connectivity index (χ1v) is 13.9. The summed E-state index contributed by atoms with van der Waals surface area (Å²) in [4.78, 5) is 34.3. The number of anilines is 3. The number of rotatable bonds is 6. The highest BCUT2D eigenvalue weighted by atomic mass is 35.5. The lowest BCUT2D eigenvalue weighted by molar-refractivity contribution is -0.126. The Morgan fingerprint density at radius 1 is 1.12 bits per heavy atom. The Labute approximate surface area is 245 Å². The lowest BCUT2D eigenvalue weighted by Crippen LogP contribution is -2.44. The molecule has 7 rings (SSSR count). The SMILES string of the molecule is C=CC(=O)N1C[C@H]2C[C@@H]1CN(c1ccc3ncnc(Nc4cc(Cl)c(Oc5ccc6c(c5)ncn6C)cc4F)c3n1)C2. The summed E-state index contributed by atoms with van der Waals surface area (Å²) in [5.74, 6) is 1.50. The zero-order valence-electron chi connectivity index (χ0n) is 22.7. The number of aryl methyl sites for hydroxylation is 1. The van der Waals surface area contributed by atoms with E-state index in [9.17, 15) is 4.79 Å². The van der Waals surface area contributed by atoms with Gasteiger partial charge < -0.3 is 24.4 Å². The average molecular weight is 585 g/mol. The molecule has 0 radical (unpaired) electrons. The van der Waals surface area contributed by atoms with Crippen LogP contribution in [0.25, 0.3) is 22.1 Å². The van der Waals surface area contributed by atoms with Gasteiger partial charge in [-0.25, -0.2) is 24.3 Å². The number of ether oxygens (including phenoxy) is 1. The van der Waals surface area contributed by atoms with Crippen LogP contribution in [0.1, 0.15) is 6.42 Å². The number of nitrogens with zero attached hydrogens (tertiary/aromatic N) is 7. The molecular formula is C30H26ClFN8O2. The van der Waals surface area contributed by atoms with Gasteiger partial charge in [0.05, 0.1) is 33.6 Å². The van der Waals surface area contributed by atoms with Crippen LogP contribution in [0, 0.1) is 11.7 Å². The van der Waals surface area contributed by atoms with Crippen LogP contribution in [0.5, 0.6) is 11.5 Å². The number of amides is 1. The number of fused-ring (bicyclic) bond motifs is 4. The van der Waals surface area contributed by atoms with Crippen molar-refractivity contribution in [3.05, 3.63) is 78.6 Å². The predicted octanol–water partition coefficient (Wildman–Crippen LogP) is 5.46. The van der Waals surface area contributed by atoms with Crippen molar-refractivity contribution >= 4 is 56.9 Å². The molecule has 2 aliphatic rings. The maximum absolute atomic E-state index is 15.3. The van der Waals surface area contributed by atoms with E-state index in [1.807, 2.05) is 34.7 Å². The zero-order chi connectivity index (χ0) is 29.0. The van der Waals surface area contributed by atoms with Crippen LogP contribution in [0.3, 0.4) is 0 Å². The average Bonchev–Trinajstić information content (AvgIpc) is 3.52. The molecule has 2 atom stereocenters. The van der Waals surface area contributed by atoms with Gasteiger partial charge >= 0.3 is 0 Å². The van der Waals surface area contributed by atoms with Crippen molar-refractivity contribution in [1.29, 1.82) is 0 Å². The third-order valence-corrected chi connectivity index (χ3v) is 8.15. The minimum absolute atomic E-state index is 0.0397. The predicted molar refractivity (Wildman–Crippen MR) is 159 cm³/mol. The summed E-state index contributed by atoms with van der Waals surface area (Å²) >= 11 is 6.52. The lowest BCUT2D eigenvalue weighted by Gasteiger charge is -2.33. The van der Waals surface area contributed by atoms with Crippen molar-refractivity contribution in [3.8, 4) is 11.5 Å². The number of carbonyl (C=O) groups excluding carboxylic acids is 1. The molecule has 10 nitrogen and oxygen atoms in total. The number of pyridine rings is 1. The van der Waals surface area contributed by atoms with E-state index in [1.165, 1.54) is 24.5 Å². The molecule has 0 aliphatic carbocycles. The summed E-state index contributed by atoms with van der Waals surface area (Å²) in [5, 5.41) is 3.26. The molecule has 3 aromatic heterocycles. The fourth-order valence-corrected chi connectivity index (χ4v) is 6.07. The second kappa shape index (κ2) is 10.3. The number of benzene rings is 2. The van der Waals surface area contributed by atoms with E-state index in [-0.39, 0.29) is 28.4 Å². The number of halogens is 2. The van der Waals surface area contributed by atoms with Crippen molar-refractivity contribution in [2.24, 2.45) is 13.0 Å². The Morgan fingerprint density at radius 3 is 2.86 bits per heavy atom. The molecule has 0 unspecified atom stereocenters. The van der Waals surface area contributed by atoms with E-state index < -0.39 is 5.82 Å². The molecule has 1 N–H and O–H groups in total. The van der Waals surface area contributed by atoms with E-state index in [2.05, 4.69) is 31.7 Å². The number of nitrogens with one attached hydrogen (secondary N) is 1. The topological polar surface area (TPSA) is 101 Å². The molecule has 1 amide bonds. The van der Waals surface area contributed by atoms with Gasteiger partial charge in [0.1, 0.15) is 35.0 Å². The molecular weight excluding hydrogens is 559 g/mol. The third kappa shape index (κ3) is 4.65. The Morgan fingerprint density at radius 2 is 2.00 bits per heavy atom. The number of imidazole rings is 1. The lowest BCUT2D eigenvalue weighted by atomic mass is 10.00. The van der Waals surface area contributed by atoms with Crippen LogP contribution < -0.4 is 15.0 Å². The van der Waals surface area contributed by atoms with E-state index in [4.69, 9.17) is 21.3 Å². The summed E-state index contributed by atoms with van der Waals surface area (Å²) in [5.41, 5.74) is 2.93. The minimum atomic E-state index is -0.573. The molecule has 212 valence electrons. The molecule has 0 saturated carbocycles. The molecule has 42 heavy (non-hydrogen) atoms. The van der Waals surface area contributed by atoms with Crippen LogP contribution in [0.4, 0.5) is 21.7 Å². The number of piperidine rings is 1. The van der Waals surface area contributed by atoms with Crippen LogP contribution >= 0.6 is 11.6 Å². The van der Waals surface area contributed by atoms with E-state index in [1.54, 1.807) is 18.5 Å². The first kappa shape index (κ1) is 26.1. The molecule has 5 aromatic rings. The normalized spacial score (nSPS) is 18.1. The fraction of sp³-hybridized carbons (Fsp3) is 0.233. The first-order valence-electron chi connectivity index (χ1n) is 13.5. The van der Waals surface area contributed by atoms with Gasteiger partial charge in [0.25, 0.3) is 0 Å². The van der Waals surface area contributed by atoms with Gasteiger partial charge in [-0.3, -0.25) is 4.79 Å². The zero-order valence-corrected chi connectivity index (χ0v) is 23.4. The number of carbonyl (C=O) groups is 1. The number of hydrogen-bond acceptors (Lipinski definition) is 8. The standard InChI is InChI=1S/C30H26ClFN8O2/c1-3-28(41)40-13-17-8-18(40)14-39(12-17)27-7-5-22-29(37-27)30(34-15-33-22)36-23-10-20(31)26(11-21(23)32)42-19-4-6-25-24(9-19)35-16-38(25)2/h3-7,9-11,15-18H,1,8,12-14H2,2H3,(H,33,34,36)/t17-,18+/m0/s1. The summed E-state index contributed by atoms with van der Waals surface area (Å²) in [6, 6.07) is 12.0. The van der Waals surface area contributed by atoms with Crippen molar-refractivity contribution in [2.45, 2.75) is 12.5 Å². The van der Waals surface area contributed by atoms with Gasteiger partial charge in [-0.05, 0) is 48.7 Å².